The Morgan fingerprint density at radius 3 is 2.13 bits per heavy atom. The van der Waals surface area contributed by atoms with Crippen LogP contribution < -0.4 is 10.0 Å². The number of hydrogen-bond acceptors (Lipinski definition) is 1. The summed E-state index contributed by atoms with van der Waals surface area (Å²) >= 11 is 0. The Morgan fingerprint density at radius 2 is 1.67 bits per heavy atom. The molecule has 0 heterocycles. The van der Waals surface area contributed by atoms with E-state index in [9.17, 15) is 0 Å². The lowest BCUT2D eigenvalue weighted by Crippen LogP contribution is -2.19. The lowest BCUT2D eigenvalue weighted by atomic mass is 10.3. The van der Waals surface area contributed by atoms with Crippen molar-refractivity contribution in [2.24, 2.45) is 0 Å². The average molecular weight is 221 g/mol. The second-order valence-corrected chi connectivity index (χ2v) is 7.34. The van der Waals surface area contributed by atoms with Crippen LogP contribution in [0, 0.1) is 0 Å². The van der Waals surface area contributed by atoms with E-state index in [1.807, 2.05) is 12.1 Å². The maximum absolute atomic E-state index is 5.38. The van der Waals surface area contributed by atoms with E-state index in [-0.39, 0.29) is 16.3 Å². The van der Waals surface area contributed by atoms with E-state index < -0.39 is 0 Å². The first-order valence-electron chi connectivity index (χ1n) is 4.83. The molecule has 81 valence electrons. The van der Waals surface area contributed by atoms with E-state index in [1.165, 1.54) is 5.30 Å². The van der Waals surface area contributed by atoms with Gasteiger partial charge in [-0.25, -0.2) is 0 Å². The molecule has 0 aliphatic rings. The van der Waals surface area contributed by atoms with Crippen molar-refractivity contribution in [2.75, 3.05) is 13.8 Å². The molecule has 0 fully saturated rings. The van der Waals surface area contributed by atoms with Crippen molar-refractivity contribution in [3.8, 4) is 5.75 Å². The predicted molar refractivity (Wildman–Crippen MR) is 71.0 cm³/mol. The minimum Gasteiger partial charge on any atom is -0.496 e. The van der Waals surface area contributed by atoms with Crippen molar-refractivity contribution in [3.05, 3.63) is 24.3 Å². The lowest BCUT2D eigenvalue weighted by Gasteiger charge is -2.29. The first-order valence-corrected chi connectivity index (χ1v) is 6.62. The summed E-state index contributed by atoms with van der Waals surface area (Å²) in [6.07, 6.45) is 0. The van der Waals surface area contributed by atoms with E-state index >= 15 is 0 Å². The number of rotatable bonds is 2. The number of hydrogen-bond donors (Lipinski definition) is 0. The molecule has 1 nitrogen and oxygen atoms in total. The molecular formula is C12H19BOP. The summed E-state index contributed by atoms with van der Waals surface area (Å²) in [5.41, 5.74) is 0. The third kappa shape index (κ3) is 3.54. The van der Waals surface area contributed by atoms with Gasteiger partial charge in [0.15, 0.2) is 0 Å². The summed E-state index contributed by atoms with van der Waals surface area (Å²) in [5.74, 6) is 1.02. The van der Waals surface area contributed by atoms with E-state index in [2.05, 4.69) is 39.6 Å². The molecule has 0 saturated heterocycles. The summed E-state index contributed by atoms with van der Waals surface area (Å²) < 4.78 is 5.38. The fourth-order valence-electron chi connectivity index (χ4n) is 1.27. The van der Waals surface area contributed by atoms with Gasteiger partial charge in [0.1, 0.15) is 5.75 Å². The zero-order valence-electron chi connectivity index (χ0n) is 10.2. The van der Waals surface area contributed by atoms with Crippen LogP contribution in [0.4, 0.5) is 0 Å². The minimum atomic E-state index is -0.168. The van der Waals surface area contributed by atoms with Crippen molar-refractivity contribution >= 4 is 21.6 Å². The van der Waals surface area contributed by atoms with Gasteiger partial charge in [0, 0.05) is 13.7 Å². The van der Waals surface area contributed by atoms with Crippen LogP contribution in [0.25, 0.3) is 0 Å². The highest BCUT2D eigenvalue weighted by atomic mass is 31.1. The monoisotopic (exact) mass is 221 g/mol. The zero-order valence-corrected chi connectivity index (χ0v) is 11.1. The molecule has 1 atom stereocenters. The third-order valence-electron chi connectivity index (χ3n) is 2.45. The SMILES string of the molecule is COc1ccccc1[P@](C)C(C)(C)C.[B]. The average Bonchev–Trinajstić information content (AvgIpc) is 2.15. The van der Waals surface area contributed by atoms with Crippen LogP contribution in [-0.2, 0) is 0 Å². The molecule has 3 radical (unpaired) electrons. The summed E-state index contributed by atoms with van der Waals surface area (Å²) in [7, 11) is 1.57. The van der Waals surface area contributed by atoms with Crippen molar-refractivity contribution in [3.63, 3.8) is 0 Å². The topological polar surface area (TPSA) is 9.23 Å². The van der Waals surface area contributed by atoms with Gasteiger partial charge in [0.05, 0.1) is 7.11 Å². The number of para-hydroxylation sites is 1. The molecule has 0 N–H and O–H groups in total. The zero-order chi connectivity index (χ0) is 10.8. The highest BCUT2D eigenvalue weighted by Gasteiger charge is 2.23. The smallest absolute Gasteiger partial charge is 0.126 e. The molecule has 0 unspecified atom stereocenters. The Balaban J connectivity index is 0.00000196. The molecule has 15 heavy (non-hydrogen) atoms. The highest BCUT2D eigenvalue weighted by Crippen LogP contribution is 2.46. The van der Waals surface area contributed by atoms with Gasteiger partial charge in [-0.05, 0) is 17.9 Å². The van der Waals surface area contributed by atoms with Crippen LogP contribution in [0.3, 0.4) is 0 Å². The van der Waals surface area contributed by atoms with Crippen LogP contribution in [0.5, 0.6) is 5.75 Å². The minimum absolute atomic E-state index is 0. The second kappa shape index (κ2) is 5.56. The maximum Gasteiger partial charge on any atom is 0.126 e. The fraction of sp³-hybridized carbons (Fsp3) is 0.500. The van der Waals surface area contributed by atoms with Gasteiger partial charge in [0.25, 0.3) is 0 Å². The molecular weight excluding hydrogens is 202 g/mol. The molecule has 1 rings (SSSR count). The second-order valence-electron chi connectivity index (χ2n) is 4.40. The van der Waals surface area contributed by atoms with Gasteiger partial charge in [-0.15, -0.1) is 0 Å². The normalized spacial score (nSPS) is 12.9. The quantitative estimate of drug-likeness (QED) is 0.551. The molecule has 0 aliphatic carbocycles. The van der Waals surface area contributed by atoms with E-state index in [1.54, 1.807) is 7.11 Å². The Bertz CT molecular complexity index is 307. The van der Waals surface area contributed by atoms with Crippen molar-refractivity contribution in [2.45, 2.75) is 25.9 Å². The van der Waals surface area contributed by atoms with E-state index in [0.717, 1.165) is 5.75 Å². The van der Waals surface area contributed by atoms with Crippen LogP contribution in [0.1, 0.15) is 20.8 Å². The molecule has 0 aromatic heterocycles. The molecule has 0 spiro atoms. The van der Waals surface area contributed by atoms with Gasteiger partial charge >= 0.3 is 0 Å². The first kappa shape index (κ1) is 14.5. The van der Waals surface area contributed by atoms with E-state index in [4.69, 9.17) is 4.74 Å². The standard InChI is InChI=1S/C12H19OP.B/c1-12(2,3)14(5)11-9-7-6-8-10(11)13-4;/h6-9H,1-5H3;/t14-;/m0./s1. The molecule has 0 aliphatic heterocycles. The molecule has 1 aromatic rings. The molecule has 0 bridgehead atoms. The van der Waals surface area contributed by atoms with Gasteiger partial charge in [0.2, 0.25) is 0 Å². The lowest BCUT2D eigenvalue weighted by molar-refractivity contribution is 0.418. The Hall–Kier alpha value is -0.485. The summed E-state index contributed by atoms with van der Waals surface area (Å²) in [5, 5.41) is 1.70. The summed E-state index contributed by atoms with van der Waals surface area (Å²) in [6.45, 7) is 9.16. The molecule has 3 heteroatoms. The molecule has 0 amide bonds. The van der Waals surface area contributed by atoms with E-state index in [0.29, 0.717) is 5.16 Å². The number of benzene rings is 1. The van der Waals surface area contributed by atoms with Crippen LogP contribution in [0.15, 0.2) is 24.3 Å². The van der Waals surface area contributed by atoms with Crippen LogP contribution >= 0.6 is 7.92 Å². The Labute approximate surface area is 96.6 Å². The number of ether oxygens (including phenoxy) is 1. The number of methoxy groups -OCH3 is 1. The first-order chi connectivity index (χ1) is 6.46. The highest BCUT2D eigenvalue weighted by molar-refractivity contribution is 7.66. The molecule has 1 aromatic carbocycles. The Kier molecular flexibility index (Phi) is 5.38. The predicted octanol–water partition coefficient (Wildman–Crippen LogP) is 2.85. The maximum atomic E-state index is 5.38. The van der Waals surface area contributed by atoms with Crippen LogP contribution in [0.2, 0.25) is 0 Å². The van der Waals surface area contributed by atoms with Gasteiger partial charge in [-0.1, -0.05) is 46.9 Å². The van der Waals surface area contributed by atoms with Gasteiger partial charge in [-0.3, -0.25) is 0 Å². The van der Waals surface area contributed by atoms with Crippen LogP contribution in [-0.4, -0.2) is 27.3 Å². The van der Waals surface area contributed by atoms with Gasteiger partial charge < -0.3 is 4.74 Å². The summed E-state index contributed by atoms with van der Waals surface area (Å²) in [4.78, 5) is 0. The summed E-state index contributed by atoms with van der Waals surface area (Å²) in [6, 6.07) is 8.33. The fourth-order valence-corrected chi connectivity index (χ4v) is 2.80. The Morgan fingerprint density at radius 1 is 1.13 bits per heavy atom. The van der Waals surface area contributed by atoms with Gasteiger partial charge in [-0.2, -0.15) is 0 Å². The van der Waals surface area contributed by atoms with Crippen molar-refractivity contribution in [1.82, 2.24) is 0 Å². The third-order valence-corrected chi connectivity index (χ3v) is 5.56. The largest absolute Gasteiger partial charge is 0.496 e. The molecule has 0 saturated carbocycles. The van der Waals surface area contributed by atoms with Crippen molar-refractivity contribution < 1.29 is 4.74 Å². The van der Waals surface area contributed by atoms with Crippen molar-refractivity contribution in [1.29, 1.82) is 0 Å².